The van der Waals surface area contributed by atoms with Crippen LogP contribution in [0.25, 0.3) is 0 Å². The highest BCUT2D eigenvalue weighted by atomic mass is 32.2. The summed E-state index contributed by atoms with van der Waals surface area (Å²) in [6.45, 7) is 5.14. The molecule has 1 aromatic carbocycles. The molecule has 1 fully saturated rings. The van der Waals surface area contributed by atoms with E-state index in [0.29, 0.717) is 36.7 Å². The van der Waals surface area contributed by atoms with Crippen molar-refractivity contribution >= 4 is 16.3 Å². The molecule has 0 unspecified atom stereocenters. The van der Waals surface area contributed by atoms with Gasteiger partial charge in [-0.2, -0.15) is 4.31 Å². The number of hydrogen-bond donors (Lipinski definition) is 0. The molecule has 21 heavy (non-hydrogen) atoms. The van der Waals surface area contributed by atoms with Gasteiger partial charge in [0.15, 0.2) is 0 Å². The Bertz CT molecular complexity index is 570. The normalized spacial score (nSPS) is 18.0. The van der Waals surface area contributed by atoms with Gasteiger partial charge >= 0.3 is 0 Å². The number of aldehydes is 1. The third-order valence-electron chi connectivity index (χ3n) is 3.90. The van der Waals surface area contributed by atoms with Crippen LogP contribution < -0.4 is 0 Å². The fourth-order valence-corrected chi connectivity index (χ4v) is 4.14. The molecule has 0 aliphatic carbocycles. The molecule has 5 heteroatoms. The second-order valence-corrected chi connectivity index (χ2v) is 8.06. The predicted octanol–water partition coefficient (Wildman–Crippen LogP) is 2.48. The Morgan fingerprint density at radius 3 is 2.24 bits per heavy atom. The number of nitrogens with zero attached hydrogens (tertiary/aromatic N) is 1. The predicted molar refractivity (Wildman–Crippen MR) is 82.5 cm³/mol. The molecule has 2 rings (SSSR count). The van der Waals surface area contributed by atoms with E-state index in [4.69, 9.17) is 0 Å². The third-order valence-corrected chi connectivity index (χ3v) is 5.81. The van der Waals surface area contributed by atoms with Crippen LogP contribution in [0.2, 0.25) is 0 Å². The van der Waals surface area contributed by atoms with Crippen LogP contribution in [0.15, 0.2) is 29.2 Å². The minimum Gasteiger partial charge on any atom is -0.303 e. The maximum absolute atomic E-state index is 12.6. The summed E-state index contributed by atoms with van der Waals surface area (Å²) in [6, 6.07) is 7.17. The Balaban J connectivity index is 2.11. The average Bonchev–Trinajstić information content (AvgIpc) is 2.47. The number of hydrogen-bond acceptors (Lipinski definition) is 3. The second kappa shape index (κ2) is 6.71. The molecule has 4 nitrogen and oxygen atoms in total. The van der Waals surface area contributed by atoms with E-state index >= 15 is 0 Å². The van der Waals surface area contributed by atoms with Crippen LogP contribution in [0, 0.1) is 11.8 Å². The molecule has 1 aliphatic heterocycles. The minimum absolute atomic E-state index is 0.00451. The lowest BCUT2D eigenvalue weighted by molar-refractivity contribution is -0.112. The van der Waals surface area contributed by atoms with Crippen molar-refractivity contribution in [1.29, 1.82) is 0 Å². The van der Waals surface area contributed by atoms with Crippen LogP contribution in [0.1, 0.15) is 32.3 Å². The first-order chi connectivity index (χ1) is 9.93. The van der Waals surface area contributed by atoms with E-state index < -0.39 is 10.0 Å². The Morgan fingerprint density at radius 1 is 1.19 bits per heavy atom. The lowest BCUT2D eigenvalue weighted by Crippen LogP contribution is -2.38. The summed E-state index contributed by atoms with van der Waals surface area (Å²) in [5.41, 5.74) is 1.16. The van der Waals surface area contributed by atoms with Crippen molar-refractivity contribution < 1.29 is 13.2 Å². The lowest BCUT2D eigenvalue weighted by Gasteiger charge is -2.28. The topological polar surface area (TPSA) is 54.5 Å². The summed E-state index contributed by atoms with van der Waals surface area (Å²) < 4.78 is 26.6. The lowest BCUT2D eigenvalue weighted by atomic mass is 10.0. The van der Waals surface area contributed by atoms with Crippen molar-refractivity contribution in [1.82, 2.24) is 4.31 Å². The maximum Gasteiger partial charge on any atom is 0.243 e. The molecule has 0 aromatic heterocycles. The number of benzene rings is 1. The molecule has 0 atom stereocenters. The van der Waals surface area contributed by atoms with E-state index in [1.165, 1.54) is 4.31 Å². The first-order valence-corrected chi connectivity index (χ1v) is 8.92. The van der Waals surface area contributed by atoms with Crippen molar-refractivity contribution in [3.05, 3.63) is 29.8 Å². The molecule has 1 heterocycles. The van der Waals surface area contributed by atoms with Crippen molar-refractivity contribution in [2.75, 3.05) is 13.1 Å². The fraction of sp³-hybridized carbons (Fsp3) is 0.562. The monoisotopic (exact) mass is 309 g/mol. The van der Waals surface area contributed by atoms with Gasteiger partial charge in [-0.1, -0.05) is 26.0 Å². The number of piperidine rings is 1. The number of carbonyl (C=O) groups is 1. The molecule has 0 amide bonds. The number of carbonyl (C=O) groups excluding carboxylic acids is 1. The van der Waals surface area contributed by atoms with Crippen LogP contribution in [-0.4, -0.2) is 32.1 Å². The standard InChI is InChI=1S/C16H23NO3S/c1-13(2)11-14-3-5-16(6-4-14)21(19,20)17-9-7-15(12-18)8-10-17/h3-6,12-13,15H,7-11H2,1-2H3. The summed E-state index contributed by atoms with van der Waals surface area (Å²) in [6.07, 6.45) is 3.12. The Labute approximate surface area is 127 Å². The van der Waals surface area contributed by atoms with E-state index in [1.807, 2.05) is 12.1 Å². The number of sulfonamides is 1. The molecule has 1 aromatic rings. The van der Waals surface area contributed by atoms with E-state index in [-0.39, 0.29) is 5.92 Å². The van der Waals surface area contributed by atoms with Gasteiger partial charge in [0.2, 0.25) is 10.0 Å². The van der Waals surface area contributed by atoms with E-state index in [2.05, 4.69) is 13.8 Å². The largest absolute Gasteiger partial charge is 0.303 e. The Hall–Kier alpha value is -1.20. The average molecular weight is 309 g/mol. The molecular weight excluding hydrogens is 286 g/mol. The first-order valence-electron chi connectivity index (χ1n) is 7.48. The molecule has 0 bridgehead atoms. The van der Waals surface area contributed by atoms with Crippen LogP contribution in [0.5, 0.6) is 0 Å². The maximum atomic E-state index is 12.6. The van der Waals surface area contributed by atoms with Crippen LogP contribution >= 0.6 is 0 Å². The fourth-order valence-electron chi connectivity index (χ4n) is 2.67. The van der Waals surface area contributed by atoms with Gasteiger partial charge in [-0.15, -0.1) is 0 Å². The molecule has 0 saturated carbocycles. The smallest absolute Gasteiger partial charge is 0.243 e. The summed E-state index contributed by atoms with van der Waals surface area (Å²) in [5, 5.41) is 0. The van der Waals surface area contributed by atoms with Gasteiger partial charge in [-0.25, -0.2) is 8.42 Å². The highest BCUT2D eigenvalue weighted by Gasteiger charge is 2.29. The van der Waals surface area contributed by atoms with Crippen molar-refractivity contribution in [2.24, 2.45) is 11.8 Å². The highest BCUT2D eigenvalue weighted by molar-refractivity contribution is 7.89. The van der Waals surface area contributed by atoms with Crippen molar-refractivity contribution in [3.8, 4) is 0 Å². The van der Waals surface area contributed by atoms with E-state index in [1.54, 1.807) is 12.1 Å². The molecule has 0 spiro atoms. The van der Waals surface area contributed by atoms with Gasteiger partial charge < -0.3 is 4.79 Å². The zero-order valence-electron chi connectivity index (χ0n) is 12.7. The first kappa shape index (κ1) is 16.2. The summed E-state index contributed by atoms with van der Waals surface area (Å²) in [5.74, 6) is 0.555. The zero-order chi connectivity index (χ0) is 15.5. The van der Waals surface area contributed by atoms with Crippen LogP contribution in [0.4, 0.5) is 0 Å². The van der Waals surface area contributed by atoms with Crippen LogP contribution in [-0.2, 0) is 21.2 Å². The second-order valence-electron chi connectivity index (χ2n) is 6.12. The quantitative estimate of drug-likeness (QED) is 0.785. The van der Waals surface area contributed by atoms with Gasteiger partial charge in [0.25, 0.3) is 0 Å². The third kappa shape index (κ3) is 3.92. The van der Waals surface area contributed by atoms with Crippen LogP contribution in [0.3, 0.4) is 0 Å². The van der Waals surface area contributed by atoms with Gasteiger partial charge in [-0.3, -0.25) is 0 Å². The van der Waals surface area contributed by atoms with E-state index in [0.717, 1.165) is 18.3 Å². The SMILES string of the molecule is CC(C)Cc1ccc(S(=O)(=O)N2CCC(C=O)CC2)cc1. The molecule has 1 aliphatic rings. The minimum atomic E-state index is -3.42. The number of rotatable bonds is 5. The van der Waals surface area contributed by atoms with Gasteiger partial charge in [0.05, 0.1) is 4.90 Å². The van der Waals surface area contributed by atoms with Gasteiger partial charge in [0, 0.05) is 19.0 Å². The zero-order valence-corrected chi connectivity index (χ0v) is 13.5. The van der Waals surface area contributed by atoms with Gasteiger partial charge in [0.1, 0.15) is 6.29 Å². The van der Waals surface area contributed by atoms with Gasteiger partial charge in [-0.05, 0) is 42.9 Å². The summed E-state index contributed by atoms with van der Waals surface area (Å²) in [7, 11) is -3.42. The molecule has 1 saturated heterocycles. The molecule has 0 radical (unpaired) electrons. The molecular formula is C16H23NO3S. The highest BCUT2D eigenvalue weighted by Crippen LogP contribution is 2.23. The molecule has 116 valence electrons. The summed E-state index contributed by atoms with van der Waals surface area (Å²) >= 11 is 0. The Morgan fingerprint density at radius 2 is 1.76 bits per heavy atom. The Kier molecular flexibility index (Phi) is 5.17. The van der Waals surface area contributed by atoms with E-state index in [9.17, 15) is 13.2 Å². The van der Waals surface area contributed by atoms with Crippen molar-refractivity contribution in [3.63, 3.8) is 0 Å². The van der Waals surface area contributed by atoms with Crippen molar-refractivity contribution in [2.45, 2.75) is 38.0 Å². The summed E-state index contributed by atoms with van der Waals surface area (Å²) in [4.78, 5) is 11.1. The molecule has 0 N–H and O–H groups in total.